The molecule has 2 amide bonds. The van der Waals surface area contributed by atoms with Gasteiger partial charge in [-0.05, 0) is 23.8 Å². The lowest BCUT2D eigenvalue weighted by Crippen LogP contribution is -2.38. The number of amides is 2. The first-order valence-electron chi connectivity index (χ1n) is 6.13. The number of sulfone groups is 1. The van der Waals surface area contributed by atoms with E-state index in [-0.39, 0.29) is 12.2 Å². The molecule has 1 aliphatic heterocycles. The second kappa shape index (κ2) is 5.96. The number of hydrogen-bond donors (Lipinski definition) is 3. The summed E-state index contributed by atoms with van der Waals surface area (Å²) in [6, 6.07) is 5.34. The molecule has 0 aromatic heterocycles. The highest BCUT2D eigenvalue weighted by Crippen LogP contribution is 2.12. The average Bonchev–Trinajstić information content (AvgIpc) is 2.67. The largest absolute Gasteiger partial charge is 0.481 e. The van der Waals surface area contributed by atoms with Gasteiger partial charge in [0.2, 0.25) is 0 Å². The number of benzene rings is 1. The highest BCUT2D eigenvalue weighted by Gasteiger charge is 2.22. The molecule has 0 radical (unpaired) electrons. The lowest BCUT2D eigenvalue weighted by Gasteiger charge is -2.11. The third-order valence-corrected chi connectivity index (χ3v) is 4.18. The molecule has 7 nitrogen and oxygen atoms in total. The monoisotopic (exact) mass is 310 g/mol. The molecule has 0 saturated carbocycles. The molecule has 112 valence electrons. The van der Waals surface area contributed by atoms with Crippen molar-refractivity contribution in [3.05, 3.63) is 41.3 Å². The first-order chi connectivity index (χ1) is 9.84. The molecule has 0 bridgehead atoms. The first kappa shape index (κ1) is 15.0. The molecule has 1 aromatic rings. The number of carbonyl (C=O) groups excluding carboxylic acids is 1. The smallest absolute Gasteiger partial charge is 0.319 e. The van der Waals surface area contributed by atoms with Crippen LogP contribution in [0.4, 0.5) is 10.5 Å². The Balaban J connectivity index is 1.94. The van der Waals surface area contributed by atoms with E-state index < -0.39 is 27.9 Å². The van der Waals surface area contributed by atoms with Crippen molar-refractivity contribution in [3.8, 4) is 0 Å². The van der Waals surface area contributed by atoms with Gasteiger partial charge in [0.1, 0.15) is 0 Å². The molecule has 1 aromatic carbocycles. The van der Waals surface area contributed by atoms with Crippen molar-refractivity contribution in [2.45, 2.75) is 12.5 Å². The zero-order valence-electron chi connectivity index (χ0n) is 10.9. The second-order valence-electron chi connectivity index (χ2n) is 4.63. The molecular formula is C13H14N2O5S. The summed E-state index contributed by atoms with van der Waals surface area (Å²) >= 11 is 0. The Bertz CT molecular complexity index is 696. The van der Waals surface area contributed by atoms with Gasteiger partial charge < -0.3 is 15.7 Å². The maximum Gasteiger partial charge on any atom is 0.319 e. The van der Waals surface area contributed by atoms with Crippen LogP contribution in [0.3, 0.4) is 0 Å². The highest BCUT2D eigenvalue weighted by molar-refractivity contribution is 7.94. The van der Waals surface area contributed by atoms with Gasteiger partial charge in [-0.25, -0.2) is 13.2 Å². The summed E-state index contributed by atoms with van der Waals surface area (Å²) in [4.78, 5) is 22.4. The summed E-state index contributed by atoms with van der Waals surface area (Å²) in [5.74, 6) is -1.11. The molecule has 0 fully saturated rings. The highest BCUT2D eigenvalue weighted by atomic mass is 32.2. The van der Waals surface area contributed by atoms with Crippen LogP contribution in [0.25, 0.3) is 0 Å². The number of nitrogens with one attached hydrogen (secondary N) is 2. The van der Waals surface area contributed by atoms with Crippen LogP contribution < -0.4 is 10.6 Å². The Morgan fingerprint density at radius 1 is 1.33 bits per heavy atom. The predicted molar refractivity (Wildman–Crippen MR) is 76.7 cm³/mol. The van der Waals surface area contributed by atoms with Gasteiger partial charge in [-0.1, -0.05) is 12.1 Å². The standard InChI is InChI=1S/C13H14N2O5S/c16-12(17)7-9-2-1-3-10(6-9)14-13(18)15-11-4-5-21(19,20)8-11/h1-6,11H,7-8H2,(H,16,17)(H2,14,15,18). The Morgan fingerprint density at radius 2 is 2.10 bits per heavy atom. The maximum absolute atomic E-state index is 11.7. The normalized spacial score (nSPS) is 19.1. The van der Waals surface area contributed by atoms with Crippen molar-refractivity contribution in [1.82, 2.24) is 5.32 Å². The van der Waals surface area contributed by atoms with E-state index in [1.54, 1.807) is 24.3 Å². The van der Waals surface area contributed by atoms with E-state index in [1.165, 1.54) is 6.08 Å². The molecule has 21 heavy (non-hydrogen) atoms. The number of carboxylic acids is 1. The number of anilines is 1. The minimum absolute atomic E-state index is 0.138. The van der Waals surface area contributed by atoms with Crippen LogP contribution in [0.2, 0.25) is 0 Å². The van der Waals surface area contributed by atoms with Gasteiger partial charge in [-0.2, -0.15) is 0 Å². The van der Waals surface area contributed by atoms with Gasteiger partial charge in [-0.15, -0.1) is 0 Å². The van der Waals surface area contributed by atoms with Gasteiger partial charge in [0.15, 0.2) is 9.84 Å². The minimum Gasteiger partial charge on any atom is -0.481 e. The van der Waals surface area contributed by atoms with Gasteiger partial charge in [0, 0.05) is 11.1 Å². The number of carboxylic acid groups (broad SMARTS) is 1. The number of hydrogen-bond acceptors (Lipinski definition) is 4. The van der Waals surface area contributed by atoms with Crippen molar-refractivity contribution in [1.29, 1.82) is 0 Å². The second-order valence-corrected chi connectivity index (χ2v) is 6.57. The Labute approximate surface area is 121 Å². The third-order valence-electron chi connectivity index (χ3n) is 2.79. The van der Waals surface area contributed by atoms with Gasteiger partial charge in [-0.3, -0.25) is 4.79 Å². The van der Waals surface area contributed by atoms with Crippen LogP contribution in [0.15, 0.2) is 35.7 Å². The van der Waals surface area contributed by atoms with Gasteiger partial charge in [0.25, 0.3) is 0 Å². The van der Waals surface area contributed by atoms with Crippen molar-refractivity contribution in [2.75, 3.05) is 11.1 Å². The van der Waals surface area contributed by atoms with E-state index in [1.807, 2.05) is 0 Å². The molecule has 0 aliphatic carbocycles. The molecule has 2 rings (SSSR count). The Kier molecular flexibility index (Phi) is 4.27. The maximum atomic E-state index is 11.7. The molecular weight excluding hydrogens is 296 g/mol. The quantitative estimate of drug-likeness (QED) is 0.759. The van der Waals surface area contributed by atoms with Crippen LogP contribution >= 0.6 is 0 Å². The van der Waals surface area contributed by atoms with Gasteiger partial charge in [0.05, 0.1) is 18.2 Å². The SMILES string of the molecule is O=C(O)Cc1cccc(NC(=O)NC2C=CS(=O)(=O)C2)c1. The van der Waals surface area contributed by atoms with Crippen LogP contribution in [0.1, 0.15) is 5.56 Å². The molecule has 1 aliphatic rings. The molecule has 0 spiro atoms. The van der Waals surface area contributed by atoms with Crippen LogP contribution in [0.5, 0.6) is 0 Å². The summed E-state index contributed by atoms with van der Waals surface area (Å²) in [7, 11) is -3.22. The number of carbonyl (C=O) groups is 2. The molecule has 1 atom stereocenters. The summed E-state index contributed by atoms with van der Waals surface area (Å²) < 4.78 is 22.4. The molecule has 8 heteroatoms. The fraction of sp³-hybridized carbons (Fsp3) is 0.231. The lowest BCUT2D eigenvalue weighted by molar-refractivity contribution is -0.136. The van der Waals surface area contributed by atoms with E-state index in [4.69, 9.17) is 5.11 Å². The van der Waals surface area contributed by atoms with Crippen LogP contribution in [-0.2, 0) is 21.1 Å². The predicted octanol–water partition coefficient (Wildman–Crippen LogP) is 0.746. The van der Waals surface area contributed by atoms with E-state index in [0.717, 1.165) is 5.41 Å². The van der Waals surface area contributed by atoms with Crippen molar-refractivity contribution in [2.24, 2.45) is 0 Å². The topological polar surface area (TPSA) is 113 Å². The average molecular weight is 310 g/mol. The minimum atomic E-state index is -3.22. The molecule has 1 heterocycles. The van der Waals surface area contributed by atoms with E-state index in [0.29, 0.717) is 11.3 Å². The molecule has 1 unspecified atom stereocenters. The molecule has 0 saturated heterocycles. The number of rotatable bonds is 4. The van der Waals surface area contributed by atoms with E-state index >= 15 is 0 Å². The Hall–Kier alpha value is -2.35. The van der Waals surface area contributed by atoms with E-state index in [2.05, 4.69) is 10.6 Å². The van der Waals surface area contributed by atoms with Crippen molar-refractivity contribution < 1.29 is 23.1 Å². The van der Waals surface area contributed by atoms with E-state index in [9.17, 15) is 18.0 Å². The Morgan fingerprint density at radius 3 is 2.71 bits per heavy atom. The zero-order valence-corrected chi connectivity index (χ0v) is 11.8. The van der Waals surface area contributed by atoms with Gasteiger partial charge >= 0.3 is 12.0 Å². The van der Waals surface area contributed by atoms with Crippen molar-refractivity contribution >= 4 is 27.5 Å². The van der Waals surface area contributed by atoms with Crippen molar-refractivity contribution in [3.63, 3.8) is 0 Å². The first-order valence-corrected chi connectivity index (χ1v) is 7.85. The van der Waals surface area contributed by atoms with Crippen LogP contribution in [-0.4, -0.2) is 37.3 Å². The molecule has 3 N–H and O–H groups in total. The lowest BCUT2D eigenvalue weighted by atomic mass is 10.1. The summed E-state index contributed by atoms with van der Waals surface area (Å²) in [6.07, 6.45) is 1.27. The summed E-state index contributed by atoms with van der Waals surface area (Å²) in [6.45, 7) is 0. The van der Waals surface area contributed by atoms with Crippen LogP contribution in [0, 0.1) is 0 Å². The fourth-order valence-electron chi connectivity index (χ4n) is 1.93. The third kappa shape index (κ3) is 4.60. The number of urea groups is 1. The zero-order chi connectivity index (χ0) is 15.5. The fourth-order valence-corrected chi connectivity index (χ4v) is 3.17. The summed E-state index contributed by atoms with van der Waals surface area (Å²) in [5, 5.41) is 14.8. The summed E-state index contributed by atoms with van der Waals surface area (Å²) in [5.41, 5.74) is 1.000. The number of aliphatic carboxylic acids is 1.